The molecule has 5 heteroatoms. The van der Waals surface area contributed by atoms with Crippen molar-refractivity contribution < 1.29 is 9.59 Å². The maximum Gasteiger partial charge on any atom is 0.239 e. The van der Waals surface area contributed by atoms with Crippen LogP contribution < -0.4 is 16.0 Å². The second kappa shape index (κ2) is 8.72. The lowest BCUT2D eigenvalue weighted by Crippen LogP contribution is -2.32. The van der Waals surface area contributed by atoms with Crippen LogP contribution in [0.1, 0.15) is 31.9 Å². The van der Waals surface area contributed by atoms with Gasteiger partial charge in [-0.1, -0.05) is 37.3 Å². The van der Waals surface area contributed by atoms with E-state index < -0.39 is 0 Å². The van der Waals surface area contributed by atoms with Gasteiger partial charge in [0.25, 0.3) is 0 Å². The molecule has 0 bridgehead atoms. The van der Waals surface area contributed by atoms with Crippen molar-refractivity contribution in [3.63, 3.8) is 0 Å². The number of carbonyl (C=O) groups excluding carboxylic acids is 2. The van der Waals surface area contributed by atoms with Gasteiger partial charge in [-0.2, -0.15) is 0 Å². The van der Waals surface area contributed by atoms with Crippen LogP contribution in [0.5, 0.6) is 0 Å². The Morgan fingerprint density at radius 2 is 1.54 bits per heavy atom. The Bertz CT molecular complexity index is 669. The summed E-state index contributed by atoms with van der Waals surface area (Å²) >= 11 is 0. The summed E-state index contributed by atoms with van der Waals surface area (Å²) < 4.78 is 0. The molecule has 24 heavy (non-hydrogen) atoms. The first kappa shape index (κ1) is 17.5. The van der Waals surface area contributed by atoms with Gasteiger partial charge in [-0.25, -0.2) is 0 Å². The van der Waals surface area contributed by atoms with Crippen LogP contribution in [0.3, 0.4) is 0 Å². The summed E-state index contributed by atoms with van der Waals surface area (Å²) in [5, 5.41) is 8.81. The second-order valence-electron chi connectivity index (χ2n) is 5.53. The van der Waals surface area contributed by atoms with Gasteiger partial charge in [0.15, 0.2) is 0 Å². The molecule has 0 saturated heterocycles. The van der Waals surface area contributed by atoms with Crippen LogP contribution >= 0.6 is 0 Å². The highest BCUT2D eigenvalue weighted by atomic mass is 16.2. The van der Waals surface area contributed by atoms with Crippen LogP contribution in [-0.4, -0.2) is 18.4 Å². The third kappa shape index (κ3) is 5.43. The number of benzene rings is 2. The molecule has 0 heterocycles. The van der Waals surface area contributed by atoms with Crippen molar-refractivity contribution in [2.75, 3.05) is 17.2 Å². The molecule has 5 nitrogen and oxygen atoms in total. The van der Waals surface area contributed by atoms with Gasteiger partial charge in [-0.3, -0.25) is 9.59 Å². The topological polar surface area (TPSA) is 70.2 Å². The van der Waals surface area contributed by atoms with E-state index in [9.17, 15) is 9.59 Å². The van der Waals surface area contributed by atoms with Crippen molar-refractivity contribution in [1.82, 2.24) is 5.32 Å². The number of hydrogen-bond acceptors (Lipinski definition) is 3. The van der Waals surface area contributed by atoms with Crippen LogP contribution in [0.4, 0.5) is 11.4 Å². The number of anilines is 2. The Balaban J connectivity index is 1.80. The van der Waals surface area contributed by atoms with Gasteiger partial charge in [-0.15, -0.1) is 0 Å². The summed E-state index contributed by atoms with van der Waals surface area (Å²) in [7, 11) is 0. The smallest absolute Gasteiger partial charge is 0.239 e. The Labute approximate surface area is 142 Å². The summed E-state index contributed by atoms with van der Waals surface area (Å²) in [4.78, 5) is 23.3. The maximum absolute atomic E-state index is 12.0. The number of nitrogens with one attached hydrogen (secondary N) is 3. The molecule has 1 atom stereocenters. The van der Waals surface area contributed by atoms with E-state index in [0.29, 0.717) is 6.42 Å². The summed E-state index contributed by atoms with van der Waals surface area (Å²) in [6, 6.07) is 17.1. The van der Waals surface area contributed by atoms with Crippen LogP contribution in [0.15, 0.2) is 54.6 Å². The first-order valence-corrected chi connectivity index (χ1v) is 8.06. The van der Waals surface area contributed by atoms with Gasteiger partial charge >= 0.3 is 0 Å². The molecule has 0 aliphatic heterocycles. The third-order valence-electron chi connectivity index (χ3n) is 3.62. The lowest BCUT2D eigenvalue weighted by Gasteiger charge is -2.15. The maximum atomic E-state index is 12.0. The van der Waals surface area contributed by atoms with Gasteiger partial charge in [0.1, 0.15) is 0 Å². The van der Waals surface area contributed by atoms with Crippen LogP contribution in [0.2, 0.25) is 0 Å². The monoisotopic (exact) mass is 325 g/mol. The molecule has 3 N–H and O–H groups in total. The molecule has 0 aliphatic carbocycles. The molecular weight excluding hydrogens is 302 g/mol. The fraction of sp³-hybridized carbons (Fsp3) is 0.263. The van der Waals surface area contributed by atoms with E-state index in [1.807, 2.05) is 49.4 Å². The molecule has 2 amide bonds. The van der Waals surface area contributed by atoms with Crippen LogP contribution in [-0.2, 0) is 9.59 Å². The van der Waals surface area contributed by atoms with Crippen molar-refractivity contribution >= 4 is 23.2 Å². The minimum absolute atomic E-state index is 0.0232. The summed E-state index contributed by atoms with van der Waals surface area (Å²) in [6.07, 6.45) is 0.444. The van der Waals surface area contributed by atoms with E-state index in [-0.39, 0.29) is 24.4 Å². The Kier molecular flexibility index (Phi) is 6.37. The van der Waals surface area contributed by atoms with Gasteiger partial charge < -0.3 is 16.0 Å². The SMILES string of the molecule is CCC(=O)Nc1ccc(NCC(=O)NC(C)c2ccccc2)cc1. The normalized spacial score (nSPS) is 11.4. The van der Waals surface area contributed by atoms with Gasteiger partial charge in [0, 0.05) is 17.8 Å². The van der Waals surface area contributed by atoms with Gasteiger partial charge in [0.2, 0.25) is 11.8 Å². The van der Waals surface area contributed by atoms with E-state index in [4.69, 9.17) is 0 Å². The van der Waals surface area contributed by atoms with E-state index in [1.165, 1.54) is 0 Å². The standard InChI is InChI=1S/C19H23N3O2/c1-3-18(23)22-17-11-9-16(10-12-17)20-13-19(24)21-14(2)15-7-5-4-6-8-15/h4-12,14,20H,3,13H2,1-2H3,(H,21,24)(H,22,23). The minimum atomic E-state index is -0.0743. The molecule has 0 radical (unpaired) electrons. The molecule has 0 spiro atoms. The van der Waals surface area contributed by atoms with Crippen molar-refractivity contribution in [2.24, 2.45) is 0 Å². The van der Waals surface area contributed by atoms with E-state index in [0.717, 1.165) is 16.9 Å². The van der Waals surface area contributed by atoms with Crippen molar-refractivity contribution in [3.05, 3.63) is 60.2 Å². The Morgan fingerprint density at radius 1 is 0.917 bits per heavy atom. The van der Waals surface area contributed by atoms with E-state index in [2.05, 4.69) is 16.0 Å². The molecule has 126 valence electrons. The predicted octanol–water partition coefficient (Wildman–Crippen LogP) is 3.32. The average molecular weight is 325 g/mol. The van der Waals surface area contributed by atoms with Gasteiger partial charge in [-0.05, 0) is 36.8 Å². The van der Waals surface area contributed by atoms with Crippen molar-refractivity contribution in [2.45, 2.75) is 26.3 Å². The van der Waals surface area contributed by atoms with Crippen molar-refractivity contribution in [1.29, 1.82) is 0 Å². The fourth-order valence-electron chi connectivity index (χ4n) is 2.22. The number of rotatable bonds is 7. The Morgan fingerprint density at radius 3 is 2.17 bits per heavy atom. The zero-order valence-electron chi connectivity index (χ0n) is 14.0. The van der Waals surface area contributed by atoms with Crippen LogP contribution in [0.25, 0.3) is 0 Å². The third-order valence-corrected chi connectivity index (χ3v) is 3.62. The molecular formula is C19H23N3O2. The molecule has 0 aromatic heterocycles. The number of amides is 2. The summed E-state index contributed by atoms with van der Waals surface area (Å²) in [5.74, 6) is -0.0975. The summed E-state index contributed by atoms with van der Waals surface area (Å²) in [5.41, 5.74) is 2.64. The number of carbonyl (C=O) groups is 2. The zero-order valence-corrected chi connectivity index (χ0v) is 14.0. The highest BCUT2D eigenvalue weighted by molar-refractivity contribution is 5.90. The molecule has 1 unspecified atom stereocenters. The van der Waals surface area contributed by atoms with E-state index >= 15 is 0 Å². The predicted molar refractivity (Wildman–Crippen MR) is 96.9 cm³/mol. The molecule has 2 rings (SSSR count). The first-order valence-electron chi connectivity index (χ1n) is 8.06. The summed E-state index contributed by atoms with van der Waals surface area (Å²) in [6.45, 7) is 3.95. The molecule has 2 aromatic carbocycles. The highest BCUT2D eigenvalue weighted by Gasteiger charge is 2.08. The first-order chi connectivity index (χ1) is 11.6. The molecule has 0 fully saturated rings. The minimum Gasteiger partial charge on any atom is -0.376 e. The second-order valence-corrected chi connectivity index (χ2v) is 5.53. The van der Waals surface area contributed by atoms with Crippen molar-refractivity contribution in [3.8, 4) is 0 Å². The quantitative estimate of drug-likeness (QED) is 0.731. The number of hydrogen-bond donors (Lipinski definition) is 3. The van der Waals surface area contributed by atoms with Crippen LogP contribution in [0, 0.1) is 0 Å². The van der Waals surface area contributed by atoms with Gasteiger partial charge in [0.05, 0.1) is 12.6 Å². The fourth-order valence-corrected chi connectivity index (χ4v) is 2.22. The molecule has 2 aromatic rings. The lowest BCUT2D eigenvalue weighted by molar-refractivity contribution is -0.120. The molecule has 0 aliphatic rings. The zero-order chi connectivity index (χ0) is 17.4. The lowest BCUT2D eigenvalue weighted by atomic mass is 10.1. The Hall–Kier alpha value is -2.82. The highest BCUT2D eigenvalue weighted by Crippen LogP contribution is 2.14. The molecule has 0 saturated carbocycles. The average Bonchev–Trinajstić information content (AvgIpc) is 2.61. The van der Waals surface area contributed by atoms with E-state index in [1.54, 1.807) is 19.1 Å². The largest absolute Gasteiger partial charge is 0.376 e.